The third kappa shape index (κ3) is 2.52. The topological polar surface area (TPSA) is 54.6 Å². The molecule has 1 aromatic heterocycles. The number of hydrogen-bond acceptors (Lipinski definition) is 4. The highest BCUT2D eigenvalue weighted by atomic mass is 16.4. The average molecular weight is 304 g/mol. The summed E-state index contributed by atoms with van der Waals surface area (Å²) in [4.78, 5) is 12.2. The maximum Gasteiger partial charge on any atom is 0.345 e. The van der Waals surface area contributed by atoms with Gasteiger partial charge < -0.3 is 9.84 Å². The van der Waals surface area contributed by atoms with E-state index >= 15 is 0 Å². The molecule has 114 valence electrons. The van der Waals surface area contributed by atoms with Crippen LogP contribution >= 0.6 is 0 Å². The second kappa shape index (κ2) is 5.39. The molecule has 0 unspecified atom stereocenters. The van der Waals surface area contributed by atoms with E-state index in [1.54, 1.807) is 6.07 Å². The van der Waals surface area contributed by atoms with Gasteiger partial charge in [-0.05, 0) is 24.6 Å². The first-order chi connectivity index (χ1) is 11.2. The molecule has 1 aliphatic heterocycles. The first kappa shape index (κ1) is 13.8. The summed E-state index contributed by atoms with van der Waals surface area (Å²) < 4.78 is 5.40. The van der Waals surface area contributed by atoms with Crippen molar-refractivity contribution in [3.63, 3.8) is 0 Å². The molecular formula is C19H16N2O2. The van der Waals surface area contributed by atoms with Gasteiger partial charge in [-0.3, -0.25) is 0 Å². The molecule has 0 aliphatic carbocycles. The van der Waals surface area contributed by atoms with Crippen LogP contribution in [0.2, 0.25) is 0 Å². The Balaban J connectivity index is 1.66. The first-order valence-corrected chi connectivity index (χ1v) is 7.62. The summed E-state index contributed by atoms with van der Waals surface area (Å²) >= 11 is 0. The van der Waals surface area contributed by atoms with Crippen LogP contribution in [0.25, 0.3) is 11.0 Å². The van der Waals surface area contributed by atoms with E-state index < -0.39 is 0 Å². The average Bonchev–Trinajstić information content (AvgIpc) is 3.04. The van der Waals surface area contributed by atoms with Gasteiger partial charge in [0.1, 0.15) is 5.58 Å². The fourth-order valence-electron chi connectivity index (χ4n) is 2.86. The number of nitrogens with one attached hydrogen (secondary N) is 1. The summed E-state index contributed by atoms with van der Waals surface area (Å²) in [5.41, 5.74) is 7.05. The zero-order valence-electron chi connectivity index (χ0n) is 12.7. The Morgan fingerprint density at radius 2 is 1.91 bits per heavy atom. The van der Waals surface area contributed by atoms with E-state index in [0.717, 1.165) is 11.1 Å². The molecule has 4 nitrogen and oxygen atoms in total. The highest BCUT2D eigenvalue weighted by Gasteiger charge is 2.23. The lowest BCUT2D eigenvalue weighted by Gasteiger charge is -2.10. The van der Waals surface area contributed by atoms with Crippen molar-refractivity contribution >= 4 is 16.7 Å². The second-order valence-corrected chi connectivity index (χ2v) is 5.84. The Bertz CT molecular complexity index is 955. The molecule has 0 radical (unpaired) electrons. The molecule has 2 heterocycles. The van der Waals surface area contributed by atoms with Crippen LogP contribution in [0.3, 0.4) is 0 Å². The molecule has 0 fully saturated rings. The van der Waals surface area contributed by atoms with Crippen molar-refractivity contribution < 1.29 is 4.42 Å². The largest absolute Gasteiger partial charge is 0.422 e. The first-order valence-electron chi connectivity index (χ1n) is 7.62. The normalized spacial score (nSPS) is 17.1. The van der Waals surface area contributed by atoms with Gasteiger partial charge in [-0.2, -0.15) is 5.10 Å². The molecule has 0 saturated carbocycles. The van der Waals surface area contributed by atoms with Gasteiger partial charge >= 0.3 is 5.63 Å². The number of rotatable bonds is 2. The standard InChI is InChI=1S/C19H16N2O2/c1-12-6-8-13(9-7-12)16-11-17(21-20-16)15-10-14-4-2-3-5-18(14)23-19(15)22/h2-10,16,20H,11H2,1H3/t16-/m0/s1. The molecule has 23 heavy (non-hydrogen) atoms. The molecule has 0 bridgehead atoms. The van der Waals surface area contributed by atoms with Gasteiger partial charge in [-0.1, -0.05) is 48.0 Å². The Kier molecular flexibility index (Phi) is 3.23. The van der Waals surface area contributed by atoms with Crippen LogP contribution in [0.1, 0.15) is 29.2 Å². The zero-order chi connectivity index (χ0) is 15.8. The van der Waals surface area contributed by atoms with Gasteiger partial charge in [0.2, 0.25) is 0 Å². The summed E-state index contributed by atoms with van der Waals surface area (Å²) in [5, 5.41) is 5.27. The number of para-hydroxylation sites is 1. The second-order valence-electron chi connectivity index (χ2n) is 5.84. The number of fused-ring (bicyclic) bond motifs is 1. The van der Waals surface area contributed by atoms with Crippen LogP contribution in [0.15, 0.2) is 68.9 Å². The van der Waals surface area contributed by atoms with Crippen LogP contribution in [-0.4, -0.2) is 5.71 Å². The van der Waals surface area contributed by atoms with Crippen molar-refractivity contribution in [2.75, 3.05) is 0 Å². The quantitative estimate of drug-likeness (QED) is 0.737. The van der Waals surface area contributed by atoms with Crippen LogP contribution < -0.4 is 11.1 Å². The highest BCUT2D eigenvalue weighted by Crippen LogP contribution is 2.25. The minimum Gasteiger partial charge on any atom is -0.422 e. The van der Waals surface area contributed by atoms with Gasteiger partial charge in [0, 0.05) is 11.8 Å². The maximum absolute atomic E-state index is 12.2. The zero-order valence-corrected chi connectivity index (χ0v) is 12.7. The molecule has 4 rings (SSSR count). The van der Waals surface area contributed by atoms with E-state index in [1.807, 2.05) is 24.3 Å². The smallest absolute Gasteiger partial charge is 0.345 e. The number of hydrogen-bond donors (Lipinski definition) is 1. The van der Waals surface area contributed by atoms with Crippen molar-refractivity contribution in [3.05, 3.63) is 81.7 Å². The van der Waals surface area contributed by atoms with Crippen molar-refractivity contribution in [3.8, 4) is 0 Å². The fraction of sp³-hybridized carbons (Fsp3) is 0.158. The Labute approximate surface area is 133 Å². The van der Waals surface area contributed by atoms with E-state index in [2.05, 4.69) is 41.7 Å². The molecule has 2 aromatic carbocycles. The number of aryl methyl sites for hydroxylation is 1. The lowest BCUT2D eigenvalue weighted by molar-refractivity contribution is 0.559. The van der Waals surface area contributed by atoms with Gasteiger partial charge in [0.05, 0.1) is 17.3 Å². The van der Waals surface area contributed by atoms with Gasteiger partial charge in [-0.25, -0.2) is 4.79 Å². The molecule has 0 spiro atoms. The minimum absolute atomic E-state index is 0.0940. The van der Waals surface area contributed by atoms with Crippen molar-refractivity contribution in [1.82, 2.24) is 5.43 Å². The monoisotopic (exact) mass is 304 g/mol. The number of nitrogens with zero attached hydrogens (tertiary/aromatic N) is 1. The van der Waals surface area contributed by atoms with Crippen LogP contribution in [0, 0.1) is 6.92 Å². The summed E-state index contributed by atoms with van der Waals surface area (Å²) in [6, 6.07) is 17.8. The molecule has 1 atom stereocenters. The summed E-state index contributed by atoms with van der Waals surface area (Å²) in [7, 11) is 0. The SMILES string of the molecule is Cc1ccc([C@@H]2CC(c3cc4ccccc4oc3=O)=NN2)cc1. The van der Waals surface area contributed by atoms with Crippen molar-refractivity contribution in [2.45, 2.75) is 19.4 Å². The maximum atomic E-state index is 12.2. The molecule has 1 N–H and O–H groups in total. The van der Waals surface area contributed by atoms with E-state index in [9.17, 15) is 4.79 Å². The third-order valence-electron chi connectivity index (χ3n) is 4.18. The number of hydrazone groups is 1. The summed E-state index contributed by atoms with van der Waals surface area (Å²) in [6.45, 7) is 2.06. The van der Waals surface area contributed by atoms with Crippen molar-refractivity contribution in [2.24, 2.45) is 5.10 Å². The molecule has 3 aromatic rings. The predicted molar refractivity (Wildman–Crippen MR) is 90.7 cm³/mol. The lowest BCUT2D eigenvalue weighted by atomic mass is 9.99. The van der Waals surface area contributed by atoms with Crippen LogP contribution in [0.4, 0.5) is 0 Å². The summed E-state index contributed by atoms with van der Waals surface area (Å²) in [5.74, 6) is 0. The third-order valence-corrected chi connectivity index (χ3v) is 4.18. The molecule has 4 heteroatoms. The minimum atomic E-state index is -0.339. The Morgan fingerprint density at radius 1 is 1.13 bits per heavy atom. The van der Waals surface area contributed by atoms with E-state index in [-0.39, 0.29) is 11.7 Å². The van der Waals surface area contributed by atoms with E-state index in [4.69, 9.17) is 4.42 Å². The van der Waals surface area contributed by atoms with Crippen LogP contribution in [-0.2, 0) is 0 Å². The fourth-order valence-corrected chi connectivity index (χ4v) is 2.86. The molecule has 0 saturated heterocycles. The van der Waals surface area contributed by atoms with Crippen LogP contribution in [0.5, 0.6) is 0 Å². The van der Waals surface area contributed by atoms with Gasteiger partial charge in [0.25, 0.3) is 0 Å². The van der Waals surface area contributed by atoms with Crippen molar-refractivity contribution in [1.29, 1.82) is 0 Å². The molecule has 1 aliphatic rings. The summed E-state index contributed by atoms with van der Waals surface area (Å²) in [6.07, 6.45) is 0.673. The van der Waals surface area contributed by atoms with E-state index in [0.29, 0.717) is 17.6 Å². The molecular weight excluding hydrogens is 288 g/mol. The Morgan fingerprint density at radius 3 is 2.74 bits per heavy atom. The van der Waals surface area contributed by atoms with E-state index in [1.165, 1.54) is 11.1 Å². The number of benzene rings is 2. The van der Waals surface area contributed by atoms with Gasteiger partial charge in [0.15, 0.2) is 0 Å². The highest BCUT2D eigenvalue weighted by molar-refractivity contribution is 6.03. The van der Waals surface area contributed by atoms with Gasteiger partial charge in [-0.15, -0.1) is 0 Å². The Hall–Kier alpha value is -2.88. The lowest BCUT2D eigenvalue weighted by Crippen LogP contribution is -2.14. The molecule has 0 amide bonds. The predicted octanol–water partition coefficient (Wildman–Crippen LogP) is 3.54.